The Balaban J connectivity index is 1.74. The predicted molar refractivity (Wildman–Crippen MR) is 108 cm³/mol. The molecule has 136 valence electrons. The highest BCUT2D eigenvalue weighted by molar-refractivity contribution is 5.91. The van der Waals surface area contributed by atoms with Gasteiger partial charge in [-0.3, -0.25) is 0 Å². The third kappa shape index (κ3) is 3.48. The van der Waals surface area contributed by atoms with E-state index in [4.69, 9.17) is 16.0 Å². The highest BCUT2D eigenvalue weighted by atomic mass is 15.3. The van der Waals surface area contributed by atoms with Gasteiger partial charge in [0.05, 0.1) is 17.1 Å². The fourth-order valence-electron chi connectivity index (χ4n) is 3.46. The molecule has 2 aromatic carbocycles. The van der Waals surface area contributed by atoms with Crippen molar-refractivity contribution in [3.8, 4) is 6.07 Å². The molecule has 1 fully saturated rings. The average Bonchev–Trinajstić information content (AvgIpc) is 3.16. The van der Waals surface area contributed by atoms with Crippen LogP contribution in [0.1, 0.15) is 12.0 Å². The quantitative estimate of drug-likeness (QED) is 0.615. The first-order valence-corrected chi connectivity index (χ1v) is 8.93. The minimum atomic E-state index is 0.460. The lowest BCUT2D eigenvalue weighted by Crippen LogP contribution is -2.30. The molecule has 0 spiro atoms. The molecule has 7 heteroatoms. The van der Waals surface area contributed by atoms with Crippen LogP contribution in [0.3, 0.4) is 0 Å². The molecule has 0 radical (unpaired) electrons. The number of hydrogen-bond acceptors (Lipinski definition) is 7. The second kappa shape index (κ2) is 7.09. The fourth-order valence-corrected chi connectivity index (χ4v) is 3.46. The van der Waals surface area contributed by atoms with Crippen LogP contribution in [-0.2, 0) is 0 Å². The molecular weight excluding hydrogens is 338 g/mol. The topological polar surface area (TPSA) is 103 Å². The molecule has 0 amide bonds. The smallest absolute Gasteiger partial charge is 0.229 e. The van der Waals surface area contributed by atoms with Gasteiger partial charge in [0.15, 0.2) is 0 Å². The van der Waals surface area contributed by atoms with Crippen molar-refractivity contribution in [2.24, 2.45) is 0 Å². The first-order valence-electron chi connectivity index (χ1n) is 8.93. The number of nitrogens with zero attached hydrogens (tertiary/aromatic N) is 4. The summed E-state index contributed by atoms with van der Waals surface area (Å²) in [6.45, 7) is 1.86. The van der Waals surface area contributed by atoms with E-state index in [2.05, 4.69) is 32.7 Å². The summed E-state index contributed by atoms with van der Waals surface area (Å²) in [5.74, 6) is 1.41. The van der Waals surface area contributed by atoms with Gasteiger partial charge >= 0.3 is 0 Å². The summed E-state index contributed by atoms with van der Waals surface area (Å²) in [6.07, 6.45) is 1.08. The number of fused-ring (bicyclic) bond motifs is 1. The molecule has 27 heavy (non-hydrogen) atoms. The fraction of sp³-hybridized carbons (Fsp3) is 0.250. The van der Waals surface area contributed by atoms with Gasteiger partial charge in [-0.2, -0.15) is 10.2 Å². The molecule has 7 nitrogen and oxygen atoms in total. The molecule has 1 aliphatic rings. The van der Waals surface area contributed by atoms with Gasteiger partial charge in [0.2, 0.25) is 5.95 Å². The summed E-state index contributed by atoms with van der Waals surface area (Å²) < 4.78 is 0. The molecule has 1 saturated heterocycles. The number of nitriles is 1. The molecule has 1 atom stereocenters. The van der Waals surface area contributed by atoms with E-state index < -0.39 is 0 Å². The predicted octanol–water partition coefficient (Wildman–Crippen LogP) is 2.63. The second-order valence-electron chi connectivity index (χ2n) is 6.69. The monoisotopic (exact) mass is 359 g/mol. The minimum Gasteiger partial charge on any atom is -0.399 e. The summed E-state index contributed by atoms with van der Waals surface area (Å²) in [5, 5.41) is 16.7. The maximum Gasteiger partial charge on any atom is 0.229 e. The number of nitrogens with one attached hydrogen (secondary N) is 2. The zero-order valence-corrected chi connectivity index (χ0v) is 15.1. The molecular formula is C20H21N7. The molecule has 4 rings (SSSR count). The Morgan fingerprint density at radius 2 is 2.07 bits per heavy atom. The SMILES string of the molecule is CNC1CCN(c2nc(Nc3cc(N)cc(C#N)c3)nc3ccccc23)C1. The molecule has 1 unspecified atom stereocenters. The number of para-hydroxylation sites is 1. The highest BCUT2D eigenvalue weighted by Gasteiger charge is 2.24. The van der Waals surface area contributed by atoms with Crippen molar-refractivity contribution in [3.63, 3.8) is 0 Å². The molecule has 1 aliphatic heterocycles. The van der Waals surface area contributed by atoms with Crippen LogP contribution in [0.5, 0.6) is 0 Å². The first kappa shape index (κ1) is 17.1. The number of anilines is 4. The Morgan fingerprint density at radius 1 is 1.22 bits per heavy atom. The van der Waals surface area contributed by atoms with Crippen molar-refractivity contribution in [2.45, 2.75) is 12.5 Å². The van der Waals surface area contributed by atoms with Gasteiger partial charge in [0.1, 0.15) is 5.82 Å². The molecule has 0 bridgehead atoms. The van der Waals surface area contributed by atoms with E-state index >= 15 is 0 Å². The van der Waals surface area contributed by atoms with E-state index in [1.807, 2.05) is 25.2 Å². The number of rotatable bonds is 4. The maximum atomic E-state index is 9.15. The van der Waals surface area contributed by atoms with E-state index in [9.17, 15) is 0 Å². The van der Waals surface area contributed by atoms with Crippen LogP contribution in [-0.4, -0.2) is 36.1 Å². The highest BCUT2D eigenvalue weighted by Crippen LogP contribution is 2.29. The van der Waals surface area contributed by atoms with E-state index in [-0.39, 0.29) is 0 Å². The van der Waals surface area contributed by atoms with Gasteiger partial charge in [-0.15, -0.1) is 0 Å². The minimum absolute atomic E-state index is 0.460. The normalized spacial score (nSPS) is 16.4. The Morgan fingerprint density at radius 3 is 2.85 bits per heavy atom. The molecule has 0 saturated carbocycles. The summed E-state index contributed by atoms with van der Waals surface area (Å²) in [4.78, 5) is 11.7. The van der Waals surface area contributed by atoms with Crippen molar-refractivity contribution in [3.05, 3.63) is 48.0 Å². The number of likely N-dealkylation sites (N-methyl/N-ethyl adjacent to an activating group) is 1. The van der Waals surface area contributed by atoms with E-state index in [0.717, 1.165) is 36.2 Å². The third-order valence-electron chi connectivity index (χ3n) is 4.82. The van der Waals surface area contributed by atoms with Crippen LogP contribution >= 0.6 is 0 Å². The summed E-state index contributed by atoms with van der Waals surface area (Å²) in [7, 11) is 1.99. The zero-order valence-electron chi connectivity index (χ0n) is 15.1. The van der Waals surface area contributed by atoms with Gasteiger partial charge < -0.3 is 21.3 Å². The first-order chi connectivity index (χ1) is 13.2. The van der Waals surface area contributed by atoms with Crippen molar-refractivity contribution < 1.29 is 0 Å². The van der Waals surface area contributed by atoms with E-state index in [0.29, 0.717) is 28.9 Å². The van der Waals surface area contributed by atoms with Gasteiger partial charge in [0.25, 0.3) is 0 Å². The summed E-state index contributed by atoms with van der Waals surface area (Å²) in [6, 6.07) is 15.7. The van der Waals surface area contributed by atoms with E-state index in [1.54, 1.807) is 18.2 Å². The third-order valence-corrected chi connectivity index (χ3v) is 4.82. The van der Waals surface area contributed by atoms with Gasteiger partial charge in [-0.1, -0.05) is 12.1 Å². The standard InChI is InChI=1S/C20H21N7/c1-23-15-6-7-27(12-15)19-17-4-2-3-5-18(17)25-20(26-19)24-16-9-13(11-21)8-14(22)10-16/h2-5,8-10,15,23H,6-7,12,22H2,1H3,(H,24,25,26). The van der Waals surface area contributed by atoms with Crippen molar-refractivity contribution in [2.75, 3.05) is 36.1 Å². The number of hydrogen-bond donors (Lipinski definition) is 3. The molecule has 1 aromatic heterocycles. The van der Waals surface area contributed by atoms with Gasteiger partial charge in [0, 0.05) is 35.9 Å². The Kier molecular flexibility index (Phi) is 4.48. The van der Waals surface area contributed by atoms with Crippen molar-refractivity contribution in [1.29, 1.82) is 5.26 Å². The lowest BCUT2D eigenvalue weighted by atomic mass is 10.2. The lowest BCUT2D eigenvalue weighted by Gasteiger charge is -2.20. The van der Waals surface area contributed by atoms with E-state index in [1.165, 1.54) is 0 Å². The number of benzene rings is 2. The van der Waals surface area contributed by atoms with Gasteiger partial charge in [-0.05, 0) is 43.8 Å². The Bertz CT molecular complexity index is 1020. The van der Waals surface area contributed by atoms with Crippen LogP contribution in [0.15, 0.2) is 42.5 Å². The van der Waals surface area contributed by atoms with Crippen LogP contribution in [0.2, 0.25) is 0 Å². The maximum absolute atomic E-state index is 9.15. The Hall–Kier alpha value is -3.37. The second-order valence-corrected chi connectivity index (χ2v) is 6.69. The van der Waals surface area contributed by atoms with Crippen LogP contribution in [0, 0.1) is 11.3 Å². The summed E-state index contributed by atoms with van der Waals surface area (Å²) >= 11 is 0. The largest absolute Gasteiger partial charge is 0.399 e. The van der Waals surface area contributed by atoms with Crippen LogP contribution in [0.25, 0.3) is 10.9 Å². The molecule has 3 aromatic rings. The molecule has 2 heterocycles. The van der Waals surface area contributed by atoms with Crippen LogP contribution < -0.4 is 21.3 Å². The molecule has 4 N–H and O–H groups in total. The number of nitrogens with two attached hydrogens (primary N) is 1. The van der Waals surface area contributed by atoms with Gasteiger partial charge in [-0.25, -0.2) is 4.98 Å². The summed E-state index contributed by atoms with van der Waals surface area (Å²) in [5.41, 5.74) is 8.48. The molecule has 0 aliphatic carbocycles. The van der Waals surface area contributed by atoms with Crippen LogP contribution in [0.4, 0.5) is 23.1 Å². The average molecular weight is 359 g/mol. The number of aromatic nitrogens is 2. The number of nitrogen functional groups attached to an aromatic ring is 1. The Labute approximate surface area is 157 Å². The van der Waals surface area contributed by atoms with Crippen molar-refractivity contribution in [1.82, 2.24) is 15.3 Å². The van der Waals surface area contributed by atoms with Crippen molar-refractivity contribution >= 4 is 34.0 Å². The zero-order chi connectivity index (χ0) is 18.8. The lowest BCUT2D eigenvalue weighted by molar-refractivity contribution is 0.616.